The second-order valence-electron chi connectivity index (χ2n) is 5.16. The summed E-state index contributed by atoms with van der Waals surface area (Å²) in [4.78, 5) is 4.45. The summed E-state index contributed by atoms with van der Waals surface area (Å²) in [6, 6.07) is 13.3. The molecule has 0 aliphatic rings. The lowest BCUT2D eigenvalue weighted by Crippen LogP contribution is -2.19. The van der Waals surface area contributed by atoms with E-state index in [4.69, 9.17) is 0 Å². The maximum Gasteiger partial charge on any atom is 0.0379 e. The van der Waals surface area contributed by atoms with Crippen molar-refractivity contribution < 1.29 is 0 Å². The minimum absolute atomic E-state index is 0.335. The summed E-state index contributed by atoms with van der Waals surface area (Å²) < 4.78 is 0. The van der Waals surface area contributed by atoms with E-state index in [0.29, 0.717) is 6.04 Å². The summed E-state index contributed by atoms with van der Waals surface area (Å²) in [5.74, 6) is 0. The smallest absolute Gasteiger partial charge is 0.0379 e. The third-order valence-corrected chi connectivity index (χ3v) is 3.54. The second kappa shape index (κ2) is 5.98. The number of pyridine rings is 1. The number of aromatic nitrogens is 1. The first-order chi connectivity index (χ1) is 9.10. The topological polar surface area (TPSA) is 24.9 Å². The lowest BCUT2D eigenvalue weighted by atomic mass is 9.96. The van der Waals surface area contributed by atoms with E-state index in [-0.39, 0.29) is 0 Å². The molecule has 0 bridgehead atoms. The molecule has 1 unspecified atom stereocenters. The highest BCUT2D eigenvalue weighted by molar-refractivity contribution is 5.30. The van der Waals surface area contributed by atoms with Crippen LogP contribution in [-0.2, 0) is 6.42 Å². The van der Waals surface area contributed by atoms with Gasteiger partial charge in [0.25, 0.3) is 0 Å². The molecule has 0 saturated heterocycles. The van der Waals surface area contributed by atoms with Crippen LogP contribution in [0.2, 0.25) is 0 Å². The lowest BCUT2D eigenvalue weighted by Gasteiger charge is -2.19. The van der Waals surface area contributed by atoms with Gasteiger partial charge in [-0.15, -0.1) is 0 Å². The third kappa shape index (κ3) is 3.42. The Balaban J connectivity index is 2.28. The van der Waals surface area contributed by atoms with E-state index in [1.807, 2.05) is 7.05 Å². The maximum absolute atomic E-state index is 4.45. The number of hydrogen-bond acceptors (Lipinski definition) is 2. The van der Waals surface area contributed by atoms with Crippen molar-refractivity contribution in [3.8, 4) is 0 Å². The van der Waals surface area contributed by atoms with Crippen LogP contribution < -0.4 is 5.32 Å². The van der Waals surface area contributed by atoms with Crippen molar-refractivity contribution in [2.24, 2.45) is 0 Å². The van der Waals surface area contributed by atoms with Crippen LogP contribution in [0.25, 0.3) is 0 Å². The van der Waals surface area contributed by atoms with E-state index in [1.54, 1.807) is 0 Å². The Bertz CT molecular complexity index is 541. The van der Waals surface area contributed by atoms with E-state index in [9.17, 15) is 0 Å². The summed E-state index contributed by atoms with van der Waals surface area (Å²) in [6.45, 7) is 6.28. The predicted molar refractivity (Wildman–Crippen MR) is 80.4 cm³/mol. The summed E-state index contributed by atoms with van der Waals surface area (Å²) in [6.07, 6.45) is 1.01. The first-order valence-electron chi connectivity index (χ1n) is 6.77. The van der Waals surface area contributed by atoms with Crippen molar-refractivity contribution in [2.45, 2.75) is 33.2 Å². The van der Waals surface area contributed by atoms with Crippen molar-refractivity contribution in [3.63, 3.8) is 0 Å². The molecule has 0 spiro atoms. The summed E-state index contributed by atoms with van der Waals surface area (Å²) in [5.41, 5.74) is 6.23. The third-order valence-electron chi connectivity index (χ3n) is 3.54. The molecule has 0 aliphatic heterocycles. The highest BCUT2D eigenvalue weighted by atomic mass is 14.9. The zero-order valence-corrected chi connectivity index (χ0v) is 12.2. The van der Waals surface area contributed by atoms with Gasteiger partial charge in [-0.1, -0.05) is 24.3 Å². The molecule has 0 fully saturated rings. The fraction of sp³-hybridized carbons (Fsp3) is 0.353. The molecule has 2 heteroatoms. The van der Waals surface area contributed by atoms with Gasteiger partial charge in [0.1, 0.15) is 0 Å². The van der Waals surface area contributed by atoms with E-state index < -0.39 is 0 Å². The summed E-state index contributed by atoms with van der Waals surface area (Å²) in [5, 5.41) is 3.42. The second-order valence-corrected chi connectivity index (χ2v) is 5.16. The Morgan fingerprint density at radius 3 is 2.26 bits per heavy atom. The highest BCUT2D eigenvalue weighted by Gasteiger charge is 2.12. The zero-order valence-electron chi connectivity index (χ0n) is 12.2. The molecule has 2 nitrogen and oxygen atoms in total. The van der Waals surface area contributed by atoms with Crippen molar-refractivity contribution in [1.29, 1.82) is 0 Å². The largest absolute Gasteiger partial charge is 0.313 e. The van der Waals surface area contributed by atoms with Gasteiger partial charge in [0, 0.05) is 17.4 Å². The quantitative estimate of drug-likeness (QED) is 0.903. The van der Waals surface area contributed by atoms with Gasteiger partial charge >= 0.3 is 0 Å². The fourth-order valence-corrected chi connectivity index (χ4v) is 2.51. The standard InChI is InChI=1S/C17H22N2/c1-12-7-5-6-8-15(12)11-17(18-4)16-9-13(2)19-14(3)10-16/h5-10,17-18H,11H2,1-4H3. The van der Waals surface area contributed by atoms with Crippen LogP contribution in [0.3, 0.4) is 0 Å². The van der Waals surface area contributed by atoms with Crippen LogP contribution in [0.1, 0.15) is 34.1 Å². The average molecular weight is 254 g/mol. The molecule has 100 valence electrons. The Morgan fingerprint density at radius 1 is 1.05 bits per heavy atom. The van der Waals surface area contributed by atoms with Crippen molar-refractivity contribution >= 4 is 0 Å². The number of benzene rings is 1. The molecule has 1 heterocycles. The normalized spacial score (nSPS) is 12.4. The van der Waals surface area contributed by atoms with Crippen LogP contribution in [0, 0.1) is 20.8 Å². The monoisotopic (exact) mass is 254 g/mol. The van der Waals surface area contributed by atoms with Gasteiger partial charge < -0.3 is 5.32 Å². The summed E-state index contributed by atoms with van der Waals surface area (Å²) in [7, 11) is 2.02. The first kappa shape index (κ1) is 13.8. The van der Waals surface area contributed by atoms with Gasteiger partial charge in [-0.3, -0.25) is 4.98 Å². The molecule has 1 N–H and O–H groups in total. The number of hydrogen-bond donors (Lipinski definition) is 1. The average Bonchev–Trinajstić information content (AvgIpc) is 2.36. The zero-order chi connectivity index (χ0) is 13.8. The minimum Gasteiger partial charge on any atom is -0.313 e. The van der Waals surface area contributed by atoms with Crippen molar-refractivity contribution in [1.82, 2.24) is 10.3 Å². The molecule has 0 aliphatic carbocycles. The van der Waals surface area contributed by atoms with Crippen LogP contribution >= 0.6 is 0 Å². The van der Waals surface area contributed by atoms with Gasteiger partial charge in [-0.2, -0.15) is 0 Å². The van der Waals surface area contributed by atoms with Crippen molar-refractivity contribution in [3.05, 3.63) is 64.5 Å². The van der Waals surface area contributed by atoms with E-state index in [0.717, 1.165) is 17.8 Å². The van der Waals surface area contributed by atoms with Crippen molar-refractivity contribution in [2.75, 3.05) is 7.05 Å². The summed E-state index contributed by atoms with van der Waals surface area (Å²) >= 11 is 0. The SMILES string of the molecule is CNC(Cc1ccccc1C)c1cc(C)nc(C)c1. The van der Waals surface area contributed by atoms with Gasteiger partial charge in [0.2, 0.25) is 0 Å². The molecule has 2 rings (SSSR count). The van der Waals surface area contributed by atoms with E-state index >= 15 is 0 Å². The number of likely N-dealkylation sites (N-methyl/N-ethyl adjacent to an activating group) is 1. The van der Waals surface area contributed by atoms with Gasteiger partial charge in [-0.05, 0) is 63.1 Å². The highest BCUT2D eigenvalue weighted by Crippen LogP contribution is 2.21. The fourth-order valence-electron chi connectivity index (χ4n) is 2.51. The lowest BCUT2D eigenvalue weighted by molar-refractivity contribution is 0.588. The number of aryl methyl sites for hydroxylation is 3. The molecule has 1 aromatic carbocycles. The molecule has 0 radical (unpaired) electrons. The van der Waals surface area contributed by atoms with Crippen LogP contribution in [-0.4, -0.2) is 12.0 Å². The number of nitrogens with zero attached hydrogens (tertiary/aromatic N) is 1. The Kier molecular flexibility index (Phi) is 4.33. The molecular weight excluding hydrogens is 232 g/mol. The predicted octanol–water partition coefficient (Wildman–Crippen LogP) is 3.51. The number of nitrogens with one attached hydrogen (secondary N) is 1. The Morgan fingerprint density at radius 2 is 1.68 bits per heavy atom. The van der Waals surface area contributed by atoms with Gasteiger partial charge in [0.15, 0.2) is 0 Å². The number of rotatable bonds is 4. The molecule has 19 heavy (non-hydrogen) atoms. The van der Waals surface area contributed by atoms with E-state index in [2.05, 4.69) is 67.5 Å². The Hall–Kier alpha value is -1.67. The molecule has 2 aromatic rings. The van der Waals surface area contributed by atoms with Crippen LogP contribution in [0.5, 0.6) is 0 Å². The first-order valence-corrected chi connectivity index (χ1v) is 6.77. The molecular formula is C17H22N2. The molecule has 0 saturated carbocycles. The Labute approximate surface area is 115 Å². The maximum atomic E-state index is 4.45. The van der Waals surface area contributed by atoms with E-state index in [1.165, 1.54) is 16.7 Å². The van der Waals surface area contributed by atoms with Crippen LogP contribution in [0.15, 0.2) is 36.4 Å². The van der Waals surface area contributed by atoms with Gasteiger partial charge in [0.05, 0.1) is 0 Å². The minimum atomic E-state index is 0.335. The van der Waals surface area contributed by atoms with Gasteiger partial charge in [-0.25, -0.2) is 0 Å². The van der Waals surface area contributed by atoms with Crippen LogP contribution in [0.4, 0.5) is 0 Å². The molecule has 1 aromatic heterocycles. The molecule has 1 atom stereocenters. The molecule has 0 amide bonds.